The van der Waals surface area contributed by atoms with Gasteiger partial charge in [0, 0.05) is 11.1 Å². The summed E-state index contributed by atoms with van der Waals surface area (Å²) >= 11 is 0. The van der Waals surface area contributed by atoms with Gasteiger partial charge in [-0.1, -0.05) is 13.3 Å². The van der Waals surface area contributed by atoms with Crippen LogP contribution in [-0.4, -0.2) is 26.8 Å². The molecule has 1 aromatic rings. The highest BCUT2D eigenvalue weighted by molar-refractivity contribution is 5.88. The van der Waals surface area contributed by atoms with E-state index in [0.717, 1.165) is 6.42 Å². The van der Waals surface area contributed by atoms with Crippen molar-refractivity contribution >= 4 is 11.5 Å². The maximum Gasteiger partial charge on any atom is 0.253 e. The molecule has 5 nitrogen and oxygen atoms in total. The molecular formula is C17H25NO4. The molecule has 0 aliphatic heterocycles. The fraction of sp³-hybridized carbons (Fsp3) is 0.471. The predicted octanol–water partition coefficient (Wildman–Crippen LogP) is 2.44. The topological polar surface area (TPSA) is 104 Å². The lowest BCUT2D eigenvalue weighted by atomic mass is 9.88. The van der Waals surface area contributed by atoms with Gasteiger partial charge in [0.15, 0.2) is 5.60 Å². The number of phenolic OH excluding ortho intramolecular Hbond substituents is 2. The van der Waals surface area contributed by atoms with E-state index in [9.17, 15) is 20.1 Å². The fourth-order valence-corrected chi connectivity index (χ4v) is 2.46. The van der Waals surface area contributed by atoms with Crippen LogP contribution in [0.25, 0.3) is 5.57 Å². The predicted molar refractivity (Wildman–Crippen MR) is 86.7 cm³/mol. The van der Waals surface area contributed by atoms with Gasteiger partial charge in [-0.25, -0.2) is 0 Å². The smallest absolute Gasteiger partial charge is 0.253 e. The molecule has 0 spiro atoms. The third-order valence-electron chi connectivity index (χ3n) is 4.03. The van der Waals surface area contributed by atoms with E-state index in [1.807, 2.05) is 6.92 Å². The Morgan fingerprint density at radius 1 is 1.14 bits per heavy atom. The maximum absolute atomic E-state index is 11.4. The summed E-state index contributed by atoms with van der Waals surface area (Å²) in [6, 6.07) is 0. The quantitative estimate of drug-likeness (QED) is 0.627. The molecule has 0 aliphatic carbocycles. The van der Waals surface area contributed by atoms with Crippen molar-refractivity contribution in [2.75, 3.05) is 0 Å². The van der Waals surface area contributed by atoms with Crippen molar-refractivity contribution in [1.29, 1.82) is 0 Å². The Morgan fingerprint density at radius 2 is 1.64 bits per heavy atom. The maximum atomic E-state index is 11.4. The van der Waals surface area contributed by atoms with Gasteiger partial charge in [0.05, 0.1) is 0 Å². The van der Waals surface area contributed by atoms with E-state index >= 15 is 0 Å². The number of hydrogen-bond acceptors (Lipinski definition) is 4. The van der Waals surface area contributed by atoms with E-state index in [2.05, 4.69) is 0 Å². The number of nitrogens with two attached hydrogens (primary N) is 1. The fourth-order valence-electron chi connectivity index (χ4n) is 2.46. The highest BCUT2D eigenvalue weighted by atomic mass is 16.3. The molecule has 22 heavy (non-hydrogen) atoms. The molecule has 0 bridgehead atoms. The summed E-state index contributed by atoms with van der Waals surface area (Å²) in [4.78, 5) is 11.4. The minimum absolute atomic E-state index is 0.0489. The summed E-state index contributed by atoms with van der Waals surface area (Å²) in [5.41, 5.74) is 6.11. The van der Waals surface area contributed by atoms with Gasteiger partial charge in [0.1, 0.15) is 11.5 Å². The number of hydrogen-bond donors (Lipinski definition) is 4. The summed E-state index contributed by atoms with van der Waals surface area (Å²) in [6.45, 7) is 8.38. The second-order valence-electron chi connectivity index (χ2n) is 5.88. The minimum Gasteiger partial charge on any atom is -0.507 e. The van der Waals surface area contributed by atoms with E-state index in [1.165, 1.54) is 13.0 Å². The largest absolute Gasteiger partial charge is 0.507 e. The number of rotatable bonds is 5. The van der Waals surface area contributed by atoms with E-state index < -0.39 is 11.5 Å². The molecule has 1 atom stereocenters. The van der Waals surface area contributed by atoms with Crippen LogP contribution in [0.1, 0.15) is 48.9 Å². The zero-order valence-corrected chi connectivity index (χ0v) is 13.8. The van der Waals surface area contributed by atoms with Gasteiger partial charge in [-0.3, -0.25) is 4.79 Å². The summed E-state index contributed by atoms with van der Waals surface area (Å²) in [7, 11) is 0. The van der Waals surface area contributed by atoms with Crippen LogP contribution < -0.4 is 5.73 Å². The molecule has 1 unspecified atom stereocenters. The number of aromatic hydroxyl groups is 2. The highest BCUT2D eigenvalue weighted by Gasteiger charge is 2.27. The van der Waals surface area contributed by atoms with Gasteiger partial charge in [-0.2, -0.15) is 0 Å². The summed E-state index contributed by atoms with van der Waals surface area (Å²) in [5.74, 6) is -0.718. The third-order valence-corrected chi connectivity index (χ3v) is 4.03. The zero-order valence-electron chi connectivity index (χ0n) is 13.8. The average molecular weight is 307 g/mol. The monoisotopic (exact) mass is 307 g/mol. The molecule has 5 heteroatoms. The number of phenols is 2. The van der Waals surface area contributed by atoms with Crippen molar-refractivity contribution in [2.45, 2.75) is 53.1 Å². The number of aliphatic hydroxyl groups is 1. The summed E-state index contributed by atoms with van der Waals surface area (Å²) < 4.78 is 0. The molecule has 122 valence electrons. The molecular weight excluding hydrogens is 282 g/mol. The first-order valence-electron chi connectivity index (χ1n) is 7.30. The van der Waals surface area contributed by atoms with E-state index in [0.29, 0.717) is 34.2 Å². The van der Waals surface area contributed by atoms with Gasteiger partial charge >= 0.3 is 0 Å². The van der Waals surface area contributed by atoms with Crippen LogP contribution in [0, 0.1) is 20.8 Å². The minimum atomic E-state index is -1.82. The van der Waals surface area contributed by atoms with Gasteiger partial charge < -0.3 is 21.1 Å². The van der Waals surface area contributed by atoms with Crippen molar-refractivity contribution < 1.29 is 20.1 Å². The van der Waals surface area contributed by atoms with Crippen LogP contribution >= 0.6 is 0 Å². The molecule has 0 heterocycles. The highest BCUT2D eigenvalue weighted by Crippen LogP contribution is 2.41. The van der Waals surface area contributed by atoms with E-state index in [4.69, 9.17) is 5.73 Å². The summed E-state index contributed by atoms with van der Waals surface area (Å²) in [5, 5.41) is 30.8. The SMILES string of the molecule is CCCC(=CC(C)(O)C(N)=O)c1c(C)c(O)c(C)c(C)c1O. The third kappa shape index (κ3) is 3.25. The van der Waals surface area contributed by atoms with Crippen molar-refractivity contribution in [3.8, 4) is 11.5 Å². The Balaban J connectivity index is 3.67. The van der Waals surface area contributed by atoms with E-state index in [-0.39, 0.29) is 11.5 Å². The van der Waals surface area contributed by atoms with Crippen molar-refractivity contribution in [1.82, 2.24) is 0 Å². The Morgan fingerprint density at radius 3 is 2.09 bits per heavy atom. The molecule has 0 aromatic heterocycles. The normalized spacial score (nSPS) is 14.7. The summed E-state index contributed by atoms with van der Waals surface area (Å²) in [6.07, 6.45) is 2.63. The van der Waals surface area contributed by atoms with Crippen LogP contribution in [0.4, 0.5) is 0 Å². The Bertz CT molecular complexity index is 601. The second-order valence-corrected chi connectivity index (χ2v) is 5.88. The molecule has 5 N–H and O–H groups in total. The van der Waals surface area contributed by atoms with Gasteiger partial charge in [0.25, 0.3) is 5.91 Å². The molecule has 0 saturated heterocycles. The standard InChI is InChI=1S/C17H25NO4/c1-6-7-12(8-17(5,22)16(18)21)13-11(4)14(19)9(2)10(3)15(13)20/h8,19-20,22H,6-7H2,1-5H3,(H2,18,21). The zero-order chi connectivity index (χ0) is 17.2. The van der Waals surface area contributed by atoms with Crippen LogP contribution in [-0.2, 0) is 4.79 Å². The number of allylic oxidation sites excluding steroid dienone is 1. The van der Waals surface area contributed by atoms with Crippen molar-refractivity contribution in [3.05, 3.63) is 28.3 Å². The van der Waals surface area contributed by atoms with Gasteiger partial charge in [-0.15, -0.1) is 0 Å². The van der Waals surface area contributed by atoms with Crippen molar-refractivity contribution in [3.63, 3.8) is 0 Å². The molecule has 0 fully saturated rings. The van der Waals surface area contributed by atoms with E-state index in [1.54, 1.807) is 20.8 Å². The molecule has 0 saturated carbocycles. The number of amides is 1. The molecule has 1 rings (SSSR count). The molecule has 0 aliphatic rings. The lowest BCUT2D eigenvalue weighted by molar-refractivity contribution is -0.130. The number of carbonyl (C=O) groups excluding carboxylic acids is 1. The lowest BCUT2D eigenvalue weighted by Crippen LogP contribution is -2.39. The lowest BCUT2D eigenvalue weighted by Gasteiger charge is -2.21. The Hall–Kier alpha value is -2.01. The number of benzene rings is 1. The first-order chi connectivity index (χ1) is 10.0. The number of carbonyl (C=O) groups is 1. The van der Waals surface area contributed by atoms with Gasteiger partial charge in [0.2, 0.25) is 0 Å². The number of primary amides is 1. The Labute approximate surface area is 131 Å². The van der Waals surface area contributed by atoms with Crippen LogP contribution in [0.15, 0.2) is 6.08 Å². The average Bonchev–Trinajstić information content (AvgIpc) is 2.43. The molecule has 1 amide bonds. The Kier molecular flexibility index (Phi) is 5.25. The van der Waals surface area contributed by atoms with Gasteiger partial charge in [-0.05, 0) is 56.9 Å². The van der Waals surface area contributed by atoms with Crippen molar-refractivity contribution in [2.24, 2.45) is 5.73 Å². The molecule has 0 radical (unpaired) electrons. The molecule has 1 aromatic carbocycles. The first-order valence-corrected chi connectivity index (χ1v) is 7.30. The first kappa shape index (κ1) is 18.0. The van der Waals surface area contributed by atoms with Crippen LogP contribution in [0.5, 0.6) is 11.5 Å². The van der Waals surface area contributed by atoms with Crippen LogP contribution in [0.2, 0.25) is 0 Å². The van der Waals surface area contributed by atoms with Crippen LogP contribution in [0.3, 0.4) is 0 Å². The second kappa shape index (κ2) is 6.40.